The van der Waals surface area contributed by atoms with E-state index in [1.165, 1.54) is 0 Å². The first kappa shape index (κ1) is 15.2. The molecule has 98 valence electrons. The lowest BCUT2D eigenvalue weighted by molar-refractivity contribution is -0.122. The molecule has 0 saturated carbocycles. The van der Waals surface area contributed by atoms with Crippen molar-refractivity contribution in [2.24, 2.45) is 0 Å². The average molecular weight is 379 g/mol. The molecule has 0 atom stereocenters. The van der Waals surface area contributed by atoms with Crippen LogP contribution in [0, 0.1) is 0 Å². The van der Waals surface area contributed by atoms with E-state index in [-0.39, 0.29) is 19.1 Å². The molecule has 0 saturated heterocycles. The van der Waals surface area contributed by atoms with Crippen LogP contribution in [-0.2, 0) is 11.4 Å². The lowest BCUT2D eigenvalue weighted by Crippen LogP contribution is -2.28. The predicted octanol–water partition coefficient (Wildman–Crippen LogP) is 2.38. The fourth-order valence-electron chi connectivity index (χ4n) is 1.22. The van der Waals surface area contributed by atoms with Crippen molar-refractivity contribution in [2.75, 3.05) is 13.2 Å². The Morgan fingerprint density at radius 3 is 2.56 bits per heavy atom. The highest BCUT2D eigenvalue weighted by atomic mass is 79.9. The predicted molar refractivity (Wildman–Crippen MR) is 76.5 cm³/mol. The zero-order chi connectivity index (χ0) is 13.5. The number of ether oxygens (including phenoxy) is 1. The van der Waals surface area contributed by atoms with Gasteiger partial charge in [0, 0.05) is 6.54 Å². The zero-order valence-corrected chi connectivity index (χ0v) is 12.8. The molecule has 6 heteroatoms. The quantitative estimate of drug-likeness (QED) is 0.747. The number of amides is 1. The van der Waals surface area contributed by atoms with E-state index in [4.69, 9.17) is 9.84 Å². The summed E-state index contributed by atoms with van der Waals surface area (Å²) in [5.74, 6) is 0.306. The van der Waals surface area contributed by atoms with Crippen molar-refractivity contribution in [3.05, 3.63) is 39.3 Å². The zero-order valence-electron chi connectivity index (χ0n) is 9.58. The SMILES string of the molecule is C=CCNC(=O)COc1c(Br)cc(CO)cc1Br. The first-order valence-electron chi connectivity index (χ1n) is 5.17. The van der Waals surface area contributed by atoms with Gasteiger partial charge in [0.2, 0.25) is 0 Å². The number of aliphatic hydroxyl groups is 1. The Hall–Kier alpha value is -0.850. The number of halogens is 2. The topological polar surface area (TPSA) is 58.6 Å². The number of rotatable bonds is 6. The molecule has 0 aliphatic heterocycles. The van der Waals surface area contributed by atoms with Crippen LogP contribution in [0.5, 0.6) is 5.75 Å². The summed E-state index contributed by atoms with van der Waals surface area (Å²) in [6.45, 7) is 3.78. The molecule has 2 N–H and O–H groups in total. The van der Waals surface area contributed by atoms with Gasteiger partial charge in [-0.1, -0.05) is 6.08 Å². The molecule has 0 aliphatic carbocycles. The Morgan fingerprint density at radius 2 is 2.06 bits per heavy atom. The van der Waals surface area contributed by atoms with Gasteiger partial charge < -0.3 is 15.2 Å². The second-order valence-electron chi connectivity index (χ2n) is 3.43. The fourth-order valence-corrected chi connectivity index (χ4v) is 2.73. The summed E-state index contributed by atoms with van der Waals surface area (Å²) >= 11 is 6.66. The highest BCUT2D eigenvalue weighted by Gasteiger charge is 2.10. The summed E-state index contributed by atoms with van der Waals surface area (Å²) in [5.41, 5.74) is 0.747. The standard InChI is InChI=1S/C12H13Br2NO3/c1-2-3-15-11(17)7-18-12-9(13)4-8(6-16)5-10(12)14/h2,4-5,16H,1,3,6-7H2,(H,15,17). The van der Waals surface area contributed by atoms with E-state index in [0.717, 1.165) is 5.56 Å². The number of carbonyl (C=O) groups excluding carboxylic acids is 1. The Labute approximate surface area is 122 Å². The van der Waals surface area contributed by atoms with Crippen LogP contribution in [0.1, 0.15) is 5.56 Å². The van der Waals surface area contributed by atoms with Crippen LogP contribution < -0.4 is 10.1 Å². The first-order valence-corrected chi connectivity index (χ1v) is 6.76. The van der Waals surface area contributed by atoms with E-state index < -0.39 is 0 Å². The van der Waals surface area contributed by atoms with E-state index >= 15 is 0 Å². The lowest BCUT2D eigenvalue weighted by atomic mass is 10.2. The van der Waals surface area contributed by atoms with Crippen LogP contribution in [0.15, 0.2) is 33.7 Å². The molecule has 18 heavy (non-hydrogen) atoms. The molecular weight excluding hydrogens is 366 g/mol. The van der Waals surface area contributed by atoms with E-state index in [2.05, 4.69) is 43.8 Å². The largest absolute Gasteiger partial charge is 0.481 e. The minimum atomic E-state index is -0.222. The van der Waals surface area contributed by atoms with E-state index in [9.17, 15) is 4.79 Å². The smallest absolute Gasteiger partial charge is 0.258 e. The van der Waals surface area contributed by atoms with E-state index in [1.54, 1.807) is 18.2 Å². The van der Waals surface area contributed by atoms with Crippen LogP contribution in [0.3, 0.4) is 0 Å². The molecule has 1 aromatic rings. The lowest BCUT2D eigenvalue weighted by Gasteiger charge is -2.11. The molecule has 0 fully saturated rings. The third-order valence-electron chi connectivity index (χ3n) is 2.03. The third kappa shape index (κ3) is 4.44. The summed E-state index contributed by atoms with van der Waals surface area (Å²) in [5, 5.41) is 11.6. The molecule has 1 aromatic carbocycles. The van der Waals surface area contributed by atoms with Gasteiger partial charge in [0.05, 0.1) is 15.6 Å². The normalized spacial score (nSPS) is 9.94. The summed E-state index contributed by atoms with van der Waals surface area (Å²) in [7, 11) is 0. The maximum Gasteiger partial charge on any atom is 0.258 e. The number of aliphatic hydroxyl groups excluding tert-OH is 1. The van der Waals surface area contributed by atoms with Crippen molar-refractivity contribution in [1.82, 2.24) is 5.32 Å². The fraction of sp³-hybridized carbons (Fsp3) is 0.250. The second kappa shape index (κ2) is 7.56. The highest BCUT2D eigenvalue weighted by molar-refractivity contribution is 9.11. The Morgan fingerprint density at radius 1 is 1.44 bits per heavy atom. The van der Waals surface area contributed by atoms with Crippen LogP contribution in [-0.4, -0.2) is 24.2 Å². The van der Waals surface area contributed by atoms with Crippen molar-refractivity contribution >= 4 is 37.8 Å². The van der Waals surface area contributed by atoms with Crippen LogP contribution >= 0.6 is 31.9 Å². The Balaban J connectivity index is 2.67. The maximum atomic E-state index is 11.4. The van der Waals surface area contributed by atoms with Gasteiger partial charge in [-0.2, -0.15) is 0 Å². The Bertz CT molecular complexity index is 426. The van der Waals surface area contributed by atoms with Gasteiger partial charge in [-0.25, -0.2) is 0 Å². The molecule has 1 rings (SSSR count). The van der Waals surface area contributed by atoms with Crippen LogP contribution in [0.25, 0.3) is 0 Å². The summed E-state index contributed by atoms with van der Waals surface area (Å²) in [6.07, 6.45) is 1.60. The molecule has 0 heterocycles. The van der Waals surface area contributed by atoms with Crippen molar-refractivity contribution in [3.8, 4) is 5.75 Å². The van der Waals surface area contributed by atoms with Gasteiger partial charge in [0.15, 0.2) is 6.61 Å². The summed E-state index contributed by atoms with van der Waals surface area (Å²) in [4.78, 5) is 11.4. The van der Waals surface area contributed by atoms with Gasteiger partial charge in [-0.05, 0) is 49.6 Å². The molecular formula is C12H13Br2NO3. The van der Waals surface area contributed by atoms with Gasteiger partial charge in [0.1, 0.15) is 5.75 Å². The molecule has 0 radical (unpaired) electrons. The highest BCUT2D eigenvalue weighted by Crippen LogP contribution is 2.34. The molecule has 0 spiro atoms. The number of hydrogen-bond acceptors (Lipinski definition) is 3. The van der Waals surface area contributed by atoms with Gasteiger partial charge in [-0.15, -0.1) is 6.58 Å². The molecule has 4 nitrogen and oxygen atoms in total. The first-order chi connectivity index (χ1) is 8.58. The Kier molecular flexibility index (Phi) is 6.38. The van der Waals surface area contributed by atoms with E-state index in [0.29, 0.717) is 21.2 Å². The third-order valence-corrected chi connectivity index (χ3v) is 3.21. The molecule has 0 unspecified atom stereocenters. The maximum absolute atomic E-state index is 11.4. The van der Waals surface area contributed by atoms with Crippen molar-refractivity contribution in [2.45, 2.75) is 6.61 Å². The molecule has 0 aromatic heterocycles. The number of benzene rings is 1. The molecule has 1 amide bonds. The average Bonchev–Trinajstić information content (AvgIpc) is 2.34. The number of hydrogen-bond donors (Lipinski definition) is 2. The van der Waals surface area contributed by atoms with Crippen molar-refractivity contribution in [3.63, 3.8) is 0 Å². The monoisotopic (exact) mass is 377 g/mol. The van der Waals surface area contributed by atoms with E-state index in [1.807, 2.05) is 0 Å². The van der Waals surface area contributed by atoms with Crippen molar-refractivity contribution in [1.29, 1.82) is 0 Å². The summed E-state index contributed by atoms with van der Waals surface area (Å²) < 4.78 is 6.76. The van der Waals surface area contributed by atoms with Crippen molar-refractivity contribution < 1.29 is 14.6 Å². The van der Waals surface area contributed by atoms with Gasteiger partial charge in [0.25, 0.3) is 5.91 Å². The number of carbonyl (C=O) groups is 1. The van der Waals surface area contributed by atoms with Crippen LogP contribution in [0.2, 0.25) is 0 Å². The van der Waals surface area contributed by atoms with Gasteiger partial charge in [-0.3, -0.25) is 4.79 Å². The van der Waals surface area contributed by atoms with Crippen LogP contribution in [0.4, 0.5) is 0 Å². The molecule has 0 bridgehead atoms. The number of nitrogens with one attached hydrogen (secondary N) is 1. The minimum absolute atomic E-state index is 0.0582. The second-order valence-corrected chi connectivity index (χ2v) is 5.14. The van der Waals surface area contributed by atoms with Gasteiger partial charge >= 0.3 is 0 Å². The molecule has 0 aliphatic rings. The summed E-state index contributed by atoms with van der Waals surface area (Å²) in [6, 6.07) is 3.48. The minimum Gasteiger partial charge on any atom is -0.481 e.